The van der Waals surface area contributed by atoms with E-state index in [1.54, 1.807) is 12.1 Å². The fourth-order valence-electron chi connectivity index (χ4n) is 2.16. The number of hydrogen-bond acceptors (Lipinski definition) is 3. The Kier molecular flexibility index (Phi) is 5.58. The average molecular weight is 339 g/mol. The first-order valence-corrected chi connectivity index (χ1v) is 8.73. The highest BCUT2D eigenvalue weighted by molar-refractivity contribution is 7.89. The van der Waals surface area contributed by atoms with Crippen LogP contribution >= 0.6 is 11.6 Å². The molecule has 6 heteroatoms. The van der Waals surface area contributed by atoms with Crippen LogP contribution in [-0.2, 0) is 10.0 Å². The lowest BCUT2D eigenvalue weighted by Gasteiger charge is -2.25. The second-order valence-electron chi connectivity index (χ2n) is 5.20. The Balaban J connectivity index is 2.14. The third-order valence-corrected chi connectivity index (χ3v) is 5.09. The van der Waals surface area contributed by atoms with Gasteiger partial charge >= 0.3 is 0 Å². The van der Waals surface area contributed by atoms with E-state index in [0.29, 0.717) is 11.6 Å². The second kappa shape index (κ2) is 7.24. The molecule has 0 heterocycles. The largest absolute Gasteiger partial charge is 0.301 e. The van der Waals surface area contributed by atoms with Crippen LogP contribution in [0.25, 0.3) is 0 Å². The molecule has 0 aromatic heterocycles. The molecule has 4 nitrogen and oxygen atoms in total. The highest BCUT2D eigenvalue weighted by Crippen LogP contribution is 2.19. The Morgan fingerprint density at radius 1 is 1.05 bits per heavy atom. The number of nitrogens with zero attached hydrogens (tertiary/aromatic N) is 1. The van der Waals surface area contributed by atoms with E-state index in [2.05, 4.69) is 4.72 Å². The molecule has 2 aromatic rings. The van der Waals surface area contributed by atoms with E-state index in [1.807, 2.05) is 49.3 Å². The summed E-state index contributed by atoms with van der Waals surface area (Å²) in [6.45, 7) is 0.294. The van der Waals surface area contributed by atoms with Crippen LogP contribution in [0.15, 0.2) is 59.5 Å². The highest BCUT2D eigenvalue weighted by Gasteiger charge is 2.19. The van der Waals surface area contributed by atoms with Gasteiger partial charge in [0.1, 0.15) is 0 Å². The van der Waals surface area contributed by atoms with Gasteiger partial charge in [0.25, 0.3) is 0 Å². The molecular formula is C16H19ClN2O2S. The van der Waals surface area contributed by atoms with Gasteiger partial charge in [0.15, 0.2) is 0 Å². The van der Waals surface area contributed by atoms with Gasteiger partial charge in [0.05, 0.1) is 4.90 Å². The molecule has 1 N–H and O–H groups in total. The van der Waals surface area contributed by atoms with Crippen molar-refractivity contribution in [2.45, 2.75) is 10.9 Å². The molecule has 0 bridgehead atoms. The number of nitrogens with one attached hydrogen (secondary N) is 1. The lowest BCUT2D eigenvalue weighted by Crippen LogP contribution is -2.34. The van der Waals surface area contributed by atoms with Crippen LogP contribution < -0.4 is 4.72 Å². The maximum atomic E-state index is 12.3. The number of halogens is 1. The SMILES string of the molecule is CN(C)[C@H](CNS(=O)(=O)c1ccc(Cl)cc1)c1ccccc1. The highest BCUT2D eigenvalue weighted by atomic mass is 35.5. The van der Waals surface area contributed by atoms with Gasteiger partial charge in [-0.25, -0.2) is 13.1 Å². The predicted molar refractivity (Wildman–Crippen MR) is 89.5 cm³/mol. The van der Waals surface area contributed by atoms with Gasteiger partial charge in [0, 0.05) is 17.6 Å². The first-order chi connectivity index (χ1) is 10.4. The van der Waals surface area contributed by atoms with Crippen LogP contribution in [-0.4, -0.2) is 34.0 Å². The summed E-state index contributed by atoms with van der Waals surface area (Å²) in [6, 6.07) is 15.9. The van der Waals surface area contributed by atoms with Crippen LogP contribution in [0.3, 0.4) is 0 Å². The minimum absolute atomic E-state index is 0.0386. The van der Waals surface area contributed by atoms with Crippen molar-refractivity contribution in [2.75, 3.05) is 20.6 Å². The molecule has 118 valence electrons. The van der Waals surface area contributed by atoms with Crippen molar-refractivity contribution in [3.8, 4) is 0 Å². The lowest BCUT2D eigenvalue weighted by atomic mass is 10.1. The molecule has 0 saturated carbocycles. The Morgan fingerprint density at radius 2 is 1.64 bits per heavy atom. The molecule has 0 aliphatic heterocycles. The van der Waals surface area contributed by atoms with Gasteiger partial charge in [-0.2, -0.15) is 0 Å². The Hall–Kier alpha value is -1.40. The van der Waals surface area contributed by atoms with Crippen LogP contribution in [0.5, 0.6) is 0 Å². The summed E-state index contributed by atoms with van der Waals surface area (Å²) in [5, 5.41) is 0.509. The Labute approximate surface area is 136 Å². The molecule has 0 aliphatic rings. The summed E-state index contributed by atoms with van der Waals surface area (Å²) in [6.07, 6.45) is 0. The zero-order chi connectivity index (χ0) is 16.2. The number of sulfonamides is 1. The van der Waals surface area contributed by atoms with Crippen molar-refractivity contribution in [3.63, 3.8) is 0 Å². The fraction of sp³-hybridized carbons (Fsp3) is 0.250. The fourth-order valence-corrected chi connectivity index (χ4v) is 3.32. The third kappa shape index (κ3) is 4.30. The quantitative estimate of drug-likeness (QED) is 0.881. The van der Waals surface area contributed by atoms with E-state index >= 15 is 0 Å². The lowest BCUT2D eigenvalue weighted by molar-refractivity contribution is 0.299. The van der Waals surface area contributed by atoms with Crippen LogP contribution in [0.2, 0.25) is 5.02 Å². The molecule has 0 spiro atoms. The zero-order valence-corrected chi connectivity index (χ0v) is 14.1. The maximum Gasteiger partial charge on any atom is 0.240 e. The topological polar surface area (TPSA) is 49.4 Å². The number of likely N-dealkylation sites (N-methyl/N-ethyl adjacent to an activating group) is 1. The standard InChI is InChI=1S/C16H19ClN2O2S/c1-19(2)16(13-6-4-3-5-7-13)12-18-22(20,21)15-10-8-14(17)9-11-15/h3-11,16,18H,12H2,1-2H3/t16-/m1/s1. The summed E-state index contributed by atoms with van der Waals surface area (Å²) < 4.78 is 27.3. The van der Waals surface area contributed by atoms with Crippen LogP contribution in [0, 0.1) is 0 Å². The molecular weight excluding hydrogens is 320 g/mol. The molecule has 0 saturated heterocycles. The molecule has 2 aromatic carbocycles. The van der Waals surface area contributed by atoms with Gasteiger partial charge in [0.2, 0.25) is 10.0 Å². The Bertz CT molecular complexity index is 701. The summed E-state index contributed by atoms with van der Waals surface area (Å²) in [7, 11) is 0.301. The molecule has 2 rings (SSSR count). The normalized spacial score (nSPS) is 13.3. The summed E-state index contributed by atoms with van der Waals surface area (Å²) in [4.78, 5) is 2.20. The van der Waals surface area contributed by atoms with E-state index in [9.17, 15) is 8.42 Å². The van der Waals surface area contributed by atoms with Crippen LogP contribution in [0.4, 0.5) is 0 Å². The van der Waals surface area contributed by atoms with Crippen molar-refractivity contribution in [1.82, 2.24) is 9.62 Å². The minimum atomic E-state index is -3.55. The van der Waals surface area contributed by atoms with Gasteiger partial charge in [-0.15, -0.1) is 0 Å². The molecule has 0 radical (unpaired) electrons. The monoisotopic (exact) mass is 338 g/mol. The summed E-state index contributed by atoms with van der Waals surface area (Å²) >= 11 is 5.79. The van der Waals surface area contributed by atoms with Crippen molar-refractivity contribution in [1.29, 1.82) is 0 Å². The van der Waals surface area contributed by atoms with Crippen molar-refractivity contribution < 1.29 is 8.42 Å². The van der Waals surface area contributed by atoms with E-state index in [0.717, 1.165) is 5.56 Å². The summed E-state index contributed by atoms with van der Waals surface area (Å²) in [5.41, 5.74) is 1.06. The van der Waals surface area contributed by atoms with E-state index in [-0.39, 0.29) is 10.9 Å². The third-order valence-electron chi connectivity index (χ3n) is 3.40. The number of hydrogen-bond donors (Lipinski definition) is 1. The summed E-state index contributed by atoms with van der Waals surface area (Å²) in [5.74, 6) is 0. The van der Waals surface area contributed by atoms with Gasteiger partial charge in [-0.05, 0) is 43.9 Å². The van der Waals surface area contributed by atoms with Gasteiger partial charge < -0.3 is 4.90 Å². The predicted octanol–water partition coefficient (Wildman–Crippen LogP) is 2.92. The van der Waals surface area contributed by atoms with Gasteiger partial charge in [-0.3, -0.25) is 0 Å². The molecule has 1 atom stereocenters. The maximum absolute atomic E-state index is 12.3. The van der Waals surface area contributed by atoms with Crippen molar-refractivity contribution >= 4 is 21.6 Å². The molecule has 0 amide bonds. The first-order valence-electron chi connectivity index (χ1n) is 6.87. The van der Waals surface area contributed by atoms with Crippen molar-refractivity contribution in [2.24, 2.45) is 0 Å². The van der Waals surface area contributed by atoms with E-state index in [4.69, 9.17) is 11.6 Å². The molecule has 0 aliphatic carbocycles. The first kappa shape index (κ1) is 17.0. The second-order valence-corrected chi connectivity index (χ2v) is 7.40. The van der Waals surface area contributed by atoms with Gasteiger partial charge in [-0.1, -0.05) is 41.9 Å². The number of rotatable bonds is 6. The molecule has 0 fully saturated rings. The minimum Gasteiger partial charge on any atom is -0.301 e. The number of benzene rings is 2. The average Bonchev–Trinajstić information content (AvgIpc) is 2.48. The molecule has 22 heavy (non-hydrogen) atoms. The van der Waals surface area contributed by atoms with Crippen LogP contribution in [0.1, 0.15) is 11.6 Å². The van der Waals surface area contributed by atoms with E-state index < -0.39 is 10.0 Å². The van der Waals surface area contributed by atoms with E-state index in [1.165, 1.54) is 12.1 Å². The Morgan fingerprint density at radius 3 is 2.18 bits per heavy atom. The molecule has 0 unspecified atom stereocenters. The smallest absolute Gasteiger partial charge is 0.240 e. The zero-order valence-electron chi connectivity index (χ0n) is 12.5. The van der Waals surface area contributed by atoms with Crippen molar-refractivity contribution in [3.05, 3.63) is 65.2 Å².